The van der Waals surface area contributed by atoms with Gasteiger partial charge >= 0.3 is 18.4 Å². The fraction of sp³-hybridized carbons (Fsp3) is 0.762. The molecule has 4 rings (SSSR count). The zero-order chi connectivity index (χ0) is 26.0. The molecular weight excluding hydrogens is 484 g/mol. The molecule has 0 radical (unpaired) electrons. The van der Waals surface area contributed by atoms with Crippen molar-refractivity contribution in [2.75, 3.05) is 26.7 Å². The summed E-state index contributed by atoms with van der Waals surface area (Å²) in [6.45, 7) is 4.90. The van der Waals surface area contributed by atoms with Crippen LogP contribution in [-0.4, -0.2) is 88.4 Å². The summed E-state index contributed by atoms with van der Waals surface area (Å²) in [5.74, 6) is 1.05. The Morgan fingerprint density at radius 3 is 2.23 bits per heavy atom. The summed E-state index contributed by atoms with van der Waals surface area (Å²) in [5, 5.41) is 2.99. The number of ether oxygens (including phenoxy) is 1. The van der Waals surface area contributed by atoms with Crippen molar-refractivity contribution in [3.05, 3.63) is 17.7 Å². The van der Waals surface area contributed by atoms with Gasteiger partial charge in [-0.3, -0.25) is 9.69 Å². The maximum absolute atomic E-state index is 12.3. The lowest BCUT2D eigenvalue weighted by atomic mass is 9.90. The fourth-order valence-electron chi connectivity index (χ4n) is 4.03. The Hall–Kier alpha value is -2.35. The van der Waals surface area contributed by atoms with Crippen LogP contribution in [0.4, 0.5) is 31.1 Å². The molecule has 1 saturated heterocycles. The minimum absolute atomic E-state index is 0.0264. The van der Waals surface area contributed by atoms with E-state index in [1.165, 1.54) is 12.8 Å². The van der Waals surface area contributed by atoms with Crippen LogP contribution >= 0.6 is 0 Å². The third-order valence-corrected chi connectivity index (χ3v) is 6.58. The predicted molar refractivity (Wildman–Crippen MR) is 112 cm³/mol. The van der Waals surface area contributed by atoms with Crippen LogP contribution in [0.5, 0.6) is 0 Å². The maximum Gasteiger partial charge on any atom is 0.434 e. The molecule has 1 N–H and O–H groups in total. The summed E-state index contributed by atoms with van der Waals surface area (Å²) in [6, 6.07) is 0.792. The quantitative estimate of drug-likeness (QED) is 0.492. The Morgan fingerprint density at radius 2 is 1.74 bits per heavy atom. The van der Waals surface area contributed by atoms with Crippen molar-refractivity contribution in [3.8, 4) is 0 Å². The summed E-state index contributed by atoms with van der Waals surface area (Å²) in [4.78, 5) is 29.6. The molecule has 3 aliphatic rings. The van der Waals surface area contributed by atoms with E-state index in [1.807, 2.05) is 13.1 Å². The first-order valence-corrected chi connectivity index (χ1v) is 11.3. The number of likely N-dealkylation sites (tertiary alicyclic amines) is 1. The number of amides is 1. The molecule has 0 atom stereocenters. The Balaban J connectivity index is 0.000000209. The molecule has 2 fully saturated rings. The number of piperidine rings is 1. The summed E-state index contributed by atoms with van der Waals surface area (Å²) >= 11 is 0. The number of hydrogen-bond acceptors (Lipinski definition) is 6. The van der Waals surface area contributed by atoms with Gasteiger partial charge in [0, 0.05) is 44.0 Å². The van der Waals surface area contributed by atoms with Gasteiger partial charge in [0.05, 0.1) is 6.54 Å². The second kappa shape index (κ2) is 10.3. The normalized spacial score (nSPS) is 20.7. The topological polar surface area (TPSA) is 79.7 Å². The number of carbonyl (C=O) groups is 2. The van der Waals surface area contributed by atoms with Gasteiger partial charge in [-0.15, -0.1) is 0 Å². The lowest BCUT2D eigenvalue weighted by Crippen LogP contribution is -2.53. The minimum Gasteiger partial charge on any atom is -0.426 e. The molecular formula is C21H29F6N5O3. The van der Waals surface area contributed by atoms with Gasteiger partial charge in [0.25, 0.3) is 6.10 Å². The van der Waals surface area contributed by atoms with E-state index in [-0.39, 0.29) is 18.6 Å². The molecule has 3 heterocycles. The standard InChI is InChI=1S/C11H16F6N2O2.C10H13N3O/c1-9(18-2)3-5-19(6-4-9)8(20)21-7(10(12,13)14)11(15,16)17;14-7-8-5-13-4-3-12(9-1-2-9)6-10(13)11-8/h7,18H,3-6H2,1-2H3;5,7,9H,1-4,6H2. The number of nitrogens with one attached hydrogen (secondary N) is 1. The van der Waals surface area contributed by atoms with Crippen LogP contribution in [0.1, 0.15) is 48.9 Å². The molecule has 1 amide bonds. The van der Waals surface area contributed by atoms with Gasteiger partial charge in [0.1, 0.15) is 11.5 Å². The van der Waals surface area contributed by atoms with Crippen LogP contribution in [-0.2, 0) is 17.8 Å². The zero-order valence-electron chi connectivity index (χ0n) is 19.5. The fourth-order valence-corrected chi connectivity index (χ4v) is 4.03. The van der Waals surface area contributed by atoms with Crippen LogP contribution in [0.25, 0.3) is 0 Å². The molecule has 1 aromatic heterocycles. The zero-order valence-corrected chi connectivity index (χ0v) is 19.5. The van der Waals surface area contributed by atoms with Gasteiger partial charge in [0.15, 0.2) is 6.29 Å². The van der Waals surface area contributed by atoms with Gasteiger partial charge in [0.2, 0.25) is 0 Å². The molecule has 35 heavy (non-hydrogen) atoms. The number of hydrogen-bond donors (Lipinski definition) is 1. The molecule has 0 bridgehead atoms. The maximum atomic E-state index is 12.3. The first-order chi connectivity index (χ1) is 16.3. The number of nitrogens with zero attached hydrogens (tertiary/aromatic N) is 4. The summed E-state index contributed by atoms with van der Waals surface area (Å²) in [6.07, 6.45) is -10.9. The third-order valence-electron chi connectivity index (χ3n) is 6.58. The number of aldehydes is 1. The minimum atomic E-state index is -5.69. The highest BCUT2D eigenvalue weighted by atomic mass is 19.4. The third kappa shape index (κ3) is 7.09. The largest absolute Gasteiger partial charge is 0.434 e. The van der Waals surface area contributed by atoms with Crippen LogP contribution in [0.3, 0.4) is 0 Å². The molecule has 14 heteroatoms. The summed E-state index contributed by atoms with van der Waals surface area (Å²) < 4.78 is 79.5. The van der Waals surface area contributed by atoms with E-state index in [0.717, 1.165) is 42.7 Å². The van der Waals surface area contributed by atoms with Crippen molar-refractivity contribution in [3.63, 3.8) is 0 Å². The molecule has 198 valence electrons. The van der Waals surface area contributed by atoms with Crippen molar-refractivity contribution in [2.45, 2.75) is 75.7 Å². The van der Waals surface area contributed by atoms with E-state index in [4.69, 9.17) is 0 Å². The van der Waals surface area contributed by atoms with Gasteiger partial charge in [-0.25, -0.2) is 9.78 Å². The Kier molecular flexibility index (Phi) is 8.04. The number of alkyl halides is 6. The van der Waals surface area contributed by atoms with E-state index in [1.54, 1.807) is 7.05 Å². The highest BCUT2D eigenvalue weighted by molar-refractivity contribution is 5.71. The molecule has 2 aliphatic heterocycles. The second-order valence-electron chi connectivity index (χ2n) is 9.24. The number of imidazole rings is 1. The van der Waals surface area contributed by atoms with E-state index in [2.05, 4.69) is 24.5 Å². The number of carbonyl (C=O) groups excluding carboxylic acids is 2. The molecule has 0 aromatic carbocycles. The number of rotatable bonds is 4. The summed E-state index contributed by atoms with van der Waals surface area (Å²) in [5.41, 5.74) is 0.266. The molecule has 1 saturated carbocycles. The monoisotopic (exact) mass is 513 g/mol. The molecule has 1 aliphatic carbocycles. The van der Waals surface area contributed by atoms with Crippen LogP contribution in [0.15, 0.2) is 6.20 Å². The lowest BCUT2D eigenvalue weighted by molar-refractivity contribution is -0.308. The van der Waals surface area contributed by atoms with Gasteiger partial charge in [-0.1, -0.05) is 0 Å². The number of halogens is 6. The first kappa shape index (κ1) is 27.2. The molecule has 0 spiro atoms. The smallest absolute Gasteiger partial charge is 0.426 e. The van der Waals surface area contributed by atoms with Gasteiger partial charge in [-0.05, 0) is 39.7 Å². The highest BCUT2D eigenvalue weighted by Gasteiger charge is 2.60. The van der Waals surface area contributed by atoms with Crippen molar-refractivity contribution < 1.29 is 40.7 Å². The van der Waals surface area contributed by atoms with Crippen LogP contribution in [0, 0.1) is 0 Å². The average Bonchev–Trinajstić information content (AvgIpc) is 3.55. The van der Waals surface area contributed by atoms with E-state index in [9.17, 15) is 35.9 Å². The van der Waals surface area contributed by atoms with Crippen molar-refractivity contribution in [1.82, 2.24) is 24.7 Å². The summed E-state index contributed by atoms with van der Waals surface area (Å²) in [7, 11) is 1.69. The lowest BCUT2D eigenvalue weighted by Gasteiger charge is -2.39. The van der Waals surface area contributed by atoms with Crippen LogP contribution in [0.2, 0.25) is 0 Å². The average molecular weight is 513 g/mol. The predicted octanol–water partition coefficient (Wildman–Crippen LogP) is 3.36. The SMILES string of the molecule is CNC1(C)CCN(C(=O)OC(C(F)(F)F)C(F)(F)F)CC1.O=Cc1cn2c(n1)CN(C1CC1)CC2. The van der Waals surface area contributed by atoms with E-state index >= 15 is 0 Å². The van der Waals surface area contributed by atoms with Crippen molar-refractivity contribution in [2.24, 2.45) is 0 Å². The first-order valence-electron chi connectivity index (χ1n) is 11.3. The van der Waals surface area contributed by atoms with Crippen LogP contribution < -0.4 is 5.32 Å². The second-order valence-corrected chi connectivity index (χ2v) is 9.24. The van der Waals surface area contributed by atoms with E-state index in [0.29, 0.717) is 18.5 Å². The Labute approximate surface area is 198 Å². The molecule has 0 unspecified atom stereocenters. The molecule has 1 aromatic rings. The van der Waals surface area contributed by atoms with Crippen molar-refractivity contribution >= 4 is 12.4 Å². The van der Waals surface area contributed by atoms with Gasteiger partial charge < -0.3 is 19.5 Å². The van der Waals surface area contributed by atoms with Crippen molar-refractivity contribution in [1.29, 1.82) is 0 Å². The number of aromatic nitrogens is 2. The number of fused-ring (bicyclic) bond motifs is 1. The van der Waals surface area contributed by atoms with Gasteiger partial charge in [-0.2, -0.15) is 26.3 Å². The Bertz CT molecular complexity index is 877. The Morgan fingerprint density at radius 1 is 1.14 bits per heavy atom. The van der Waals surface area contributed by atoms with E-state index < -0.39 is 24.5 Å². The molecule has 8 nitrogen and oxygen atoms in total. The highest BCUT2D eigenvalue weighted by Crippen LogP contribution is 2.36.